The van der Waals surface area contributed by atoms with Crippen molar-refractivity contribution in [1.82, 2.24) is 9.97 Å². The van der Waals surface area contributed by atoms with E-state index in [1.54, 1.807) is 0 Å². The van der Waals surface area contributed by atoms with Gasteiger partial charge >= 0.3 is 0 Å². The average Bonchev–Trinajstić information content (AvgIpc) is 2.27. The van der Waals surface area contributed by atoms with Crippen molar-refractivity contribution < 1.29 is 0 Å². The van der Waals surface area contributed by atoms with E-state index in [-0.39, 0.29) is 0 Å². The molecule has 0 unspecified atom stereocenters. The van der Waals surface area contributed by atoms with Crippen molar-refractivity contribution in [2.45, 2.75) is 13.8 Å². The standard InChI is InChI=1S/C12H13BrN4/c1-8-7-9(2)15-12(14-8)17-16-11-6-4-3-5-10(11)13/h3-7,16H,1-2H3,(H,14,15,17). The highest BCUT2D eigenvalue weighted by molar-refractivity contribution is 9.10. The molecule has 0 spiro atoms. The number of aryl methyl sites for hydroxylation is 2. The maximum absolute atomic E-state index is 4.28. The Labute approximate surface area is 109 Å². The number of benzene rings is 1. The van der Waals surface area contributed by atoms with Crippen LogP contribution in [0.3, 0.4) is 0 Å². The van der Waals surface area contributed by atoms with Crippen molar-refractivity contribution >= 4 is 27.6 Å². The van der Waals surface area contributed by atoms with Crippen LogP contribution in [0.5, 0.6) is 0 Å². The third-order valence-corrected chi connectivity index (χ3v) is 2.86. The minimum Gasteiger partial charge on any atom is -0.297 e. The Hall–Kier alpha value is -1.62. The van der Waals surface area contributed by atoms with E-state index in [9.17, 15) is 0 Å². The van der Waals surface area contributed by atoms with Crippen LogP contribution >= 0.6 is 15.9 Å². The first-order chi connectivity index (χ1) is 8.15. The van der Waals surface area contributed by atoms with E-state index in [1.807, 2.05) is 44.2 Å². The number of nitrogens with zero attached hydrogens (tertiary/aromatic N) is 2. The highest BCUT2D eigenvalue weighted by Gasteiger charge is 2.00. The Bertz CT molecular complexity index is 507. The first-order valence-electron chi connectivity index (χ1n) is 5.24. The Morgan fingerprint density at radius 2 is 1.65 bits per heavy atom. The molecule has 0 amide bonds. The third-order valence-electron chi connectivity index (χ3n) is 2.17. The maximum atomic E-state index is 4.28. The molecule has 88 valence electrons. The van der Waals surface area contributed by atoms with E-state index in [2.05, 4.69) is 36.7 Å². The van der Waals surface area contributed by atoms with E-state index in [4.69, 9.17) is 0 Å². The number of halogens is 1. The van der Waals surface area contributed by atoms with Gasteiger partial charge in [-0.05, 0) is 48.0 Å². The molecule has 2 rings (SSSR count). The maximum Gasteiger partial charge on any atom is 0.242 e. The molecule has 0 saturated heterocycles. The molecule has 0 aliphatic rings. The Morgan fingerprint density at radius 1 is 1.00 bits per heavy atom. The zero-order chi connectivity index (χ0) is 12.3. The topological polar surface area (TPSA) is 49.8 Å². The van der Waals surface area contributed by atoms with Gasteiger partial charge in [0.25, 0.3) is 0 Å². The minimum absolute atomic E-state index is 0.568. The van der Waals surface area contributed by atoms with Crippen molar-refractivity contribution in [2.24, 2.45) is 0 Å². The second-order valence-electron chi connectivity index (χ2n) is 3.70. The van der Waals surface area contributed by atoms with Crippen molar-refractivity contribution in [3.63, 3.8) is 0 Å². The van der Waals surface area contributed by atoms with Gasteiger partial charge in [-0.15, -0.1) is 0 Å². The largest absolute Gasteiger partial charge is 0.297 e. The molecule has 0 aliphatic heterocycles. The van der Waals surface area contributed by atoms with Crippen LogP contribution in [-0.2, 0) is 0 Å². The van der Waals surface area contributed by atoms with Crippen LogP contribution in [0.4, 0.5) is 11.6 Å². The predicted octanol–water partition coefficient (Wildman–Crippen LogP) is 3.29. The lowest BCUT2D eigenvalue weighted by molar-refractivity contribution is 1.05. The summed E-state index contributed by atoms with van der Waals surface area (Å²) < 4.78 is 0.983. The summed E-state index contributed by atoms with van der Waals surface area (Å²) >= 11 is 3.46. The lowest BCUT2D eigenvalue weighted by Gasteiger charge is -2.10. The molecule has 4 nitrogen and oxygen atoms in total. The molecule has 1 aromatic heterocycles. The Morgan fingerprint density at radius 3 is 2.29 bits per heavy atom. The van der Waals surface area contributed by atoms with Crippen molar-refractivity contribution in [3.05, 3.63) is 46.2 Å². The molecule has 0 radical (unpaired) electrons. The lowest BCUT2D eigenvalue weighted by Crippen LogP contribution is -2.12. The minimum atomic E-state index is 0.568. The second-order valence-corrected chi connectivity index (χ2v) is 4.56. The average molecular weight is 293 g/mol. The van der Waals surface area contributed by atoms with Gasteiger partial charge in [-0.1, -0.05) is 12.1 Å². The SMILES string of the molecule is Cc1cc(C)nc(NNc2ccccc2Br)n1. The molecule has 1 heterocycles. The molecule has 0 bridgehead atoms. The van der Waals surface area contributed by atoms with Crippen LogP contribution in [0, 0.1) is 13.8 Å². The summed E-state index contributed by atoms with van der Waals surface area (Å²) in [6.45, 7) is 3.89. The number of hydrogen-bond donors (Lipinski definition) is 2. The van der Waals surface area contributed by atoms with Gasteiger partial charge in [0, 0.05) is 15.9 Å². The second kappa shape index (κ2) is 5.14. The van der Waals surface area contributed by atoms with E-state index in [0.717, 1.165) is 21.5 Å². The molecule has 0 fully saturated rings. The number of nitrogens with one attached hydrogen (secondary N) is 2. The normalized spacial score (nSPS) is 10.1. The molecule has 17 heavy (non-hydrogen) atoms. The molecule has 0 aliphatic carbocycles. The summed E-state index contributed by atoms with van der Waals surface area (Å²) in [4.78, 5) is 8.56. The van der Waals surface area contributed by atoms with Gasteiger partial charge in [-0.2, -0.15) is 0 Å². The fourth-order valence-electron chi connectivity index (χ4n) is 1.47. The smallest absolute Gasteiger partial charge is 0.242 e. The first kappa shape index (κ1) is 11.9. The number of rotatable bonds is 3. The summed E-state index contributed by atoms with van der Waals surface area (Å²) in [6.07, 6.45) is 0. The number of aromatic nitrogens is 2. The molecule has 2 N–H and O–H groups in total. The van der Waals surface area contributed by atoms with Crippen LogP contribution in [0.25, 0.3) is 0 Å². The molecule has 2 aromatic rings. The summed E-state index contributed by atoms with van der Waals surface area (Å²) in [6, 6.07) is 9.77. The monoisotopic (exact) mass is 292 g/mol. The van der Waals surface area contributed by atoms with Crippen molar-refractivity contribution in [1.29, 1.82) is 0 Å². The zero-order valence-corrected chi connectivity index (χ0v) is 11.2. The summed E-state index contributed by atoms with van der Waals surface area (Å²) in [7, 11) is 0. The van der Waals surface area contributed by atoms with Crippen LogP contribution in [0.15, 0.2) is 34.8 Å². The van der Waals surface area contributed by atoms with Crippen LogP contribution < -0.4 is 10.9 Å². The van der Waals surface area contributed by atoms with Crippen LogP contribution in [0.1, 0.15) is 11.4 Å². The Kier molecular flexibility index (Phi) is 3.58. The summed E-state index contributed by atoms with van der Waals surface area (Å²) in [5.74, 6) is 0.568. The number of anilines is 2. The zero-order valence-electron chi connectivity index (χ0n) is 9.66. The summed E-state index contributed by atoms with van der Waals surface area (Å²) in [5.41, 5.74) is 8.86. The molecule has 0 saturated carbocycles. The molecule has 1 aromatic carbocycles. The first-order valence-corrected chi connectivity index (χ1v) is 6.03. The molecular weight excluding hydrogens is 280 g/mol. The van der Waals surface area contributed by atoms with Gasteiger partial charge < -0.3 is 0 Å². The van der Waals surface area contributed by atoms with Crippen LogP contribution in [0.2, 0.25) is 0 Å². The number of hydrogen-bond acceptors (Lipinski definition) is 4. The molecule has 0 atom stereocenters. The van der Waals surface area contributed by atoms with Gasteiger partial charge in [0.1, 0.15) is 0 Å². The quantitative estimate of drug-likeness (QED) is 0.853. The highest BCUT2D eigenvalue weighted by Crippen LogP contribution is 2.20. The summed E-state index contributed by atoms with van der Waals surface area (Å²) in [5, 5.41) is 0. The van der Waals surface area contributed by atoms with Gasteiger partial charge in [0.05, 0.1) is 5.69 Å². The fourth-order valence-corrected chi connectivity index (χ4v) is 1.85. The fraction of sp³-hybridized carbons (Fsp3) is 0.167. The van der Waals surface area contributed by atoms with Crippen molar-refractivity contribution in [3.8, 4) is 0 Å². The van der Waals surface area contributed by atoms with Gasteiger partial charge in [-0.3, -0.25) is 10.9 Å². The van der Waals surface area contributed by atoms with E-state index in [1.165, 1.54) is 0 Å². The lowest BCUT2D eigenvalue weighted by atomic mass is 10.3. The molecular formula is C12H13BrN4. The van der Waals surface area contributed by atoms with Gasteiger partial charge in [0.15, 0.2) is 0 Å². The third kappa shape index (κ3) is 3.17. The molecule has 5 heteroatoms. The van der Waals surface area contributed by atoms with E-state index in [0.29, 0.717) is 5.95 Å². The number of hydrazine groups is 1. The predicted molar refractivity (Wildman–Crippen MR) is 72.9 cm³/mol. The van der Waals surface area contributed by atoms with E-state index < -0.39 is 0 Å². The Balaban J connectivity index is 2.10. The van der Waals surface area contributed by atoms with Gasteiger partial charge in [0.2, 0.25) is 5.95 Å². The van der Waals surface area contributed by atoms with E-state index >= 15 is 0 Å². The highest BCUT2D eigenvalue weighted by atomic mass is 79.9. The van der Waals surface area contributed by atoms with Gasteiger partial charge in [-0.25, -0.2) is 9.97 Å². The number of para-hydroxylation sites is 1. The van der Waals surface area contributed by atoms with Crippen LogP contribution in [-0.4, -0.2) is 9.97 Å². The van der Waals surface area contributed by atoms with Crippen molar-refractivity contribution in [2.75, 3.05) is 10.9 Å².